The lowest BCUT2D eigenvalue weighted by Crippen LogP contribution is -2.56. The van der Waals surface area contributed by atoms with Gasteiger partial charge in [-0.15, -0.1) is 6.58 Å². The van der Waals surface area contributed by atoms with E-state index in [2.05, 4.69) is 35.0 Å². The zero-order valence-corrected chi connectivity index (χ0v) is 20.7. The molecule has 4 rings (SSSR count). The molecule has 176 valence electrons. The predicted molar refractivity (Wildman–Crippen MR) is 135 cm³/mol. The van der Waals surface area contributed by atoms with Gasteiger partial charge in [-0.25, -0.2) is 0 Å². The van der Waals surface area contributed by atoms with Crippen molar-refractivity contribution in [3.8, 4) is 5.75 Å². The number of hydrogen-bond donors (Lipinski definition) is 1. The highest BCUT2D eigenvalue weighted by atomic mass is 35.5. The lowest BCUT2D eigenvalue weighted by atomic mass is 9.58. The second kappa shape index (κ2) is 10.5. The van der Waals surface area contributed by atoms with Crippen LogP contribution in [0.3, 0.4) is 0 Å². The van der Waals surface area contributed by atoms with Crippen LogP contribution in [0.2, 0.25) is 10.0 Å². The molecular weight excluding hydrogens is 455 g/mol. The molecule has 33 heavy (non-hydrogen) atoms. The van der Waals surface area contributed by atoms with Crippen molar-refractivity contribution in [1.29, 1.82) is 0 Å². The Morgan fingerprint density at radius 1 is 1.24 bits per heavy atom. The lowest BCUT2D eigenvalue weighted by molar-refractivity contribution is -0.121. The molecular formula is C27H32Cl2N2O2. The summed E-state index contributed by atoms with van der Waals surface area (Å²) in [6.07, 6.45) is 6.38. The second-order valence-electron chi connectivity index (χ2n) is 9.35. The van der Waals surface area contributed by atoms with Gasteiger partial charge in [0.1, 0.15) is 5.75 Å². The molecule has 1 saturated heterocycles. The number of methoxy groups -OCH3 is 1. The first-order valence-electron chi connectivity index (χ1n) is 11.6. The van der Waals surface area contributed by atoms with Crippen LogP contribution in [-0.4, -0.2) is 43.6 Å². The number of piperidine rings is 1. The Hall–Kier alpha value is -2.01. The van der Waals surface area contributed by atoms with Gasteiger partial charge in [-0.05, 0) is 73.5 Å². The Labute approximate surface area is 206 Å². The number of carbonyl (C=O) groups excluding carboxylic acids is 1. The molecule has 0 radical (unpaired) electrons. The normalized spacial score (nSPS) is 25.2. The van der Waals surface area contributed by atoms with Gasteiger partial charge in [-0.1, -0.05) is 47.5 Å². The van der Waals surface area contributed by atoms with Crippen molar-refractivity contribution < 1.29 is 9.53 Å². The van der Waals surface area contributed by atoms with E-state index in [1.54, 1.807) is 19.2 Å². The third-order valence-electron chi connectivity index (χ3n) is 7.35. The van der Waals surface area contributed by atoms with Crippen LogP contribution in [0, 0.1) is 5.92 Å². The summed E-state index contributed by atoms with van der Waals surface area (Å²) in [5.74, 6) is 1.46. The van der Waals surface area contributed by atoms with Crippen molar-refractivity contribution in [2.45, 2.75) is 43.6 Å². The van der Waals surface area contributed by atoms with Crippen molar-refractivity contribution in [2.75, 3.05) is 26.7 Å². The Bertz CT molecular complexity index is 1010. The molecule has 0 unspecified atom stereocenters. The minimum Gasteiger partial charge on any atom is -0.497 e. The summed E-state index contributed by atoms with van der Waals surface area (Å²) >= 11 is 12.1. The molecule has 1 aliphatic heterocycles. The van der Waals surface area contributed by atoms with Crippen molar-refractivity contribution in [3.05, 3.63) is 76.3 Å². The third kappa shape index (κ3) is 5.40. The SMILES string of the molecule is C=CCN1CC[C@@]2(c3cccc(OC)c3)C[C@@H](NC(=O)Cc3ccc(Cl)c(Cl)c3)CC[C@@H]2C1. The molecule has 2 aromatic rings. The summed E-state index contributed by atoms with van der Waals surface area (Å²) < 4.78 is 5.54. The smallest absolute Gasteiger partial charge is 0.224 e. The van der Waals surface area contributed by atoms with Crippen LogP contribution in [0.1, 0.15) is 36.8 Å². The molecule has 1 amide bonds. The topological polar surface area (TPSA) is 41.6 Å². The number of halogens is 2. The van der Waals surface area contributed by atoms with E-state index in [9.17, 15) is 4.79 Å². The summed E-state index contributed by atoms with van der Waals surface area (Å²) in [5.41, 5.74) is 2.23. The van der Waals surface area contributed by atoms with Crippen LogP contribution < -0.4 is 10.1 Å². The van der Waals surface area contributed by atoms with Crippen LogP contribution in [-0.2, 0) is 16.6 Å². The minimum atomic E-state index is 0.0294. The number of likely N-dealkylation sites (tertiary alicyclic amines) is 1. The maximum Gasteiger partial charge on any atom is 0.224 e. The van der Waals surface area contributed by atoms with E-state index in [-0.39, 0.29) is 17.4 Å². The Morgan fingerprint density at radius 3 is 2.85 bits per heavy atom. The maximum atomic E-state index is 12.9. The van der Waals surface area contributed by atoms with E-state index in [0.717, 1.165) is 56.6 Å². The monoisotopic (exact) mass is 486 g/mol. The van der Waals surface area contributed by atoms with Crippen molar-refractivity contribution in [3.63, 3.8) is 0 Å². The highest BCUT2D eigenvalue weighted by Crippen LogP contribution is 2.49. The number of rotatable bonds is 7. The third-order valence-corrected chi connectivity index (χ3v) is 8.09. The minimum absolute atomic E-state index is 0.0294. The van der Waals surface area contributed by atoms with Gasteiger partial charge in [-0.3, -0.25) is 9.69 Å². The Morgan fingerprint density at radius 2 is 2.09 bits per heavy atom. The van der Waals surface area contributed by atoms with Crippen molar-refractivity contribution in [2.24, 2.45) is 5.92 Å². The van der Waals surface area contributed by atoms with Crippen LogP contribution in [0.25, 0.3) is 0 Å². The van der Waals surface area contributed by atoms with E-state index in [1.807, 2.05) is 18.2 Å². The Balaban J connectivity index is 1.52. The summed E-state index contributed by atoms with van der Waals surface area (Å²) in [5, 5.41) is 4.30. The Kier molecular flexibility index (Phi) is 7.68. The molecule has 1 aliphatic carbocycles. The first-order valence-corrected chi connectivity index (χ1v) is 12.4. The number of nitrogens with zero attached hydrogens (tertiary/aromatic N) is 1. The zero-order chi connectivity index (χ0) is 23.4. The van der Waals surface area contributed by atoms with Gasteiger partial charge in [0, 0.05) is 24.5 Å². The number of ether oxygens (including phenoxy) is 1. The fraction of sp³-hybridized carbons (Fsp3) is 0.444. The van der Waals surface area contributed by atoms with E-state index in [4.69, 9.17) is 27.9 Å². The molecule has 1 N–H and O–H groups in total. The van der Waals surface area contributed by atoms with Gasteiger partial charge >= 0.3 is 0 Å². The van der Waals surface area contributed by atoms with E-state index >= 15 is 0 Å². The summed E-state index contributed by atoms with van der Waals surface area (Å²) in [7, 11) is 1.72. The molecule has 3 atom stereocenters. The van der Waals surface area contributed by atoms with E-state index in [0.29, 0.717) is 22.4 Å². The van der Waals surface area contributed by atoms with Crippen LogP contribution in [0.15, 0.2) is 55.1 Å². The maximum absolute atomic E-state index is 12.9. The first kappa shape index (κ1) is 24.1. The number of carbonyl (C=O) groups is 1. The highest BCUT2D eigenvalue weighted by molar-refractivity contribution is 6.42. The molecule has 0 spiro atoms. The molecule has 1 heterocycles. The molecule has 6 heteroatoms. The van der Waals surface area contributed by atoms with E-state index < -0.39 is 0 Å². The number of hydrogen-bond acceptors (Lipinski definition) is 3. The van der Waals surface area contributed by atoms with Crippen LogP contribution >= 0.6 is 23.2 Å². The number of fused-ring (bicyclic) bond motifs is 1. The molecule has 0 aromatic heterocycles. The number of benzene rings is 2. The zero-order valence-electron chi connectivity index (χ0n) is 19.2. The van der Waals surface area contributed by atoms with Gasteiger partial charge in [0.15, 0.2) is 0 Å². The van der Waals surface area contributed by atoms with Gasteiger partial charge in [0.25, 0.3) is 0 Å². The van der Waals surface area contributed by atoms with Gasteiger partial charge < -0.3 is 10.1 Å². The van der Waals surface area contributed by atoms with Gasteiger partial charge in [0.2, 0.25) is 5.91 Å². The quantitative estimate of drug-likeness (QED) is 0.513. The molecule has 1 saturated carbocycles. The first-order chi connectivity index (χ1) is 15.9. The van der Waals surface area contributed by atoms with Crippen molar-refractivity contribution >= 4 is 29.1 Å². The molecule has 2 fully saturated rings. The fourth-order valence-electron chi connectivity index (χ4n) is 5.74. The number of nitrogens with one attached hydrogen (secondary N) is 1. The average molecular weight is 487 g/mol. The molecule has 4 nitrogen and oxygen atoms in total. The summed E-state index contributed by atoms with van der Waals surface area (Å²) in [4.78, 5) is 15.4. The van der Waals surface area contributed by atoms with Crippen LogP contribution in [0.4, 0.5) is 0 Å². The van der Waals surface area contributed by atoms with Crippen molar-refractivity contribution in [1.82, 2.24) is 10.2 Å². The molecule has 2 aromatic carbocycles. The van der Waals surface area contributed by atoms with Crippen LogP contribution in [0.5, 0.6) is 5.75 Å². The molecule has 2 aliphatic rings. The summed E-state index contributed by atoms with van der Waals surface area (Å²) in [6, 6.07) is 14.0. The fourth-order valence-corrected chi connectivity index (χ4v) is 6.06. The van der Waals surface area contributed by atoms with Gasteiger partial charge in [-0.2, -0.15) is 0 Å². The lowest BCUT2D eigenvalue weighted by Gasteiger charge is -2.53. The summed E-state index contributed by atoms with van der Waals surface area (Å²) in [6.45, 7) is 6.94. The molecule has 0 bridgehead atoms. The second-order valence-corrected chi connectivity index (χ2v) is 10.2. The standard InChI is InChI=1S/C27H32Cl2N2O2/c1-3-12-31-13-11-27(20-5-4-6-23(16-20)33-2)17-22(9-8-21(27)18-31)30-26(32)15-19-7-10-24(28)25(29)14-19/h3-7,10,14,16,21-22H,1,8-9,11-13,15,17-18H2,2H3,(H,30,32)/t21-,22+,27+/m1/s1. The van der Waals surface area contributed by atoms with Gasteiger partial charge in [0.05, 0.1) is 23.6 Å². The highest BCUT2D eigenvalue weighted by Gasteiger charge is 2.48. The van der Waals surface area contributed by atoms with E-state index in [1.165, 1.54) is 5.56 Å². The average Bonchev–Trinajstić information content (AvgIpc) is 2.81. The largest absolute Gasteiger partial charge is 0.497 e. The predicted octanol–water partition coefficient (Wildman–Crippen LogP) is 5.66. The number of amides is 1.